The van der Waals surface area contributed by atoms with Crippen LogP contribution in [-0.4, -0.2) is 9.97 Å². The van der Waals surface area contributed by atoms with E-state index in [1.807, 2.05) is 12.3 Å². The minimum Gasteiger partial charge on any atom is -0.237 e. The number of hydrogen-bond donors (Lipinski definition) is 0. The van der Waals surface area contributed by atoms with Gasteiger partial charge in [0.2, 0.25) is 0 Å². The van der Waals surface area contributed by atoms with Crippen LogP contribution in [-0.2, 0) is 6.42 Å². The summed E-state index contributed by atoms with van der Waals surface area (Å²) in [5.74, 6) is 0.959. The van der Waals surface area contributed by atoms with Crippen molar-refractivity contribution in [1.82, 2.24) is 9.97 Å². The summed E-state index contributed by atoms with van der Waals surface area (Å²) in [6.07, 6.45) is 8.49. The molecule has 1 aliphatic carbocycles. The van der Waals surface area contributed by atoms with Gasteiger partial charge in [-0.15, -0.1) is 0 Å². The molecule has 0 aliphatic heterocycles. The molecule has 1 fully saturated rings. The fourth-order valence-electron chi connectivity index (χ4n) is 2.26. The van der Waals surface area contributed by atoms with Gasteiger partial charge in [0.1, 0.15) is 0 Å². The first-order valence-corrected chi connectivity index (χ1v) is 6.12. The lowest BCUT2D eigenvalue weighted by molar-refractivity contribution is 0.295. The lowest BCUT2D eigenvalue weighted by Gasteiger charge is -2.24. The Labute approximate surface area is 95.7 Å². The summed E-state index contributed by atoms with van der Waals surface area (Å²) < 4.78 is 0. The summed E-state index contributed by atoms with van der Waals surface area (Å²) in [6, 6.07) is 8.29. The second-order valence-corrected chi connectivity index (χ2v) is 4.69. The van der Waals surface area contributed by atoms with Crippen molar-refractivity contribution in [2.45, 2.75) is 32.1 Å². The summed E-state index contributed by atoms with van der Waals surface area (Å²) in [5.41, 5.74) is 2.08. The molecule has 2 aromatic heterocycles. The van der Waals surface area contributed by atoms with Gasteiger partial charge in [0, 0.05) is 17.3 Å². The largest absolute Gasteiger partial charge is 0.237 e. The maximum absolute atomic E-state index is 4.59. The number of aromatic nitrogens is 2. The third-order valence-electron chi connectivity index (χ3n) is 3.56. The second-order valence-electron chi connectivity index (χ2n) is 4.69. The van der Waals surface area contributed by atoms with Crippen LogP contribution >= 0.6 is 0 Å². The Morgan fingerprint density at radius 1 is 1.19 bits per heavy atom. The first-order chi connectivity index (χ1) is 7.92. The van der Waals surface area contributed by atoms with Crippen molar-refractivity contribution in [2.24, 2.45) is 5.92 Å². The number of hydrogen-bond acceptors (Lipinski definition) is 2. The number of aryl methyl sites for hydroxylation is 1. The van der Waals surface area contributed by atoms with E-state index in [2.05, 4.69) is 28.2 Å². The highest BCUT2D eigenvalue weighted by Crippen LogP contribution is 2.30. The van der Waals surface area contributed by atoms with E-state index >= 15 is 0 Å². The van der Waals surface area contributed by atoms with Gasteiger partial charge >= 0.3 is 0 Å². The van der Waals surface area contributed by atoms with Gasteiger partial charge in [-0.1, -0.05) is 19.3 Å². The summed E-state index contributed by atoms with van der Waals surface area (Å²) in [4.78, 5) is 8.89. The standard InChI is InChI=1S/C14H16N2/c1-3-11(4-1)6-8-13-9-7-12-5-2-10-15-14(12)16-13/h2,5,7,9-11H,1,3-4,6,8H2. The highest BCUT2D eigenvalue weighted by atomic mass is 14.8. The van der Waals surface area contributed by atoms with Crippen molar-refractivity contribution in [1.29, 1.82) is 0 Å². The molecule has 1 aliphatic rings. The molecular formula is C14H16N2. The summed E-state index contributed by atoms with van der Waals surface area (Å²) in [5, 5.41) is 1.13. The third kappa shape index (κ3) is 1.92. The predicted octanol–water partition coefficient (Wildman–Crippen LogP) is 3.36. The van der Waals surface area contributed by atoms with Crippen LogP contribution in [0.15, 0.2) is 30.5 Å². The Kier molecular flexibility index (Phi) is 2.56. The van der Waals surface area contributed by atoms with Crippen LogP contribution in [0.1, 0.15) is 31.4 Å². The minimum absolute atomic E-state index is 0.883. The lowest BCUT2D eigenvalue weighted by atomic mass is 9.82. The SMILES string of the molecule is c1cnc2nc(CCC3CCC3)ccc2c1. The maximum atomic E-state index is 4.59. The molecule has 2 aromatic rings. The van der Waals surface area contributed by atoms with Gasteiger partial charge in [-0.05, 0) is 43.0 Å². The summed E-state index contributed by atoms with van der Waals surface area (Å²) >= 11 is 0. The molecule has 2 nitrogen and oxygen atoms in total. The smallest absolute Gasteiger partial charge is 0.159 e. The van der Waals surface area contributed by atoms with E-state index in [0.717, 1.165) is 23.4 Å². The third-order valence-corrected chi connectivity index (χ3v) is 3.56. The van der Waals surface area contributed by atoms with Crippen molar-refractivity contribution in [2.75, 3.05) is 0 Å². The maximum Gasteiger partial charge on any atom is 0.159 e. The molecule has 0 bridgehead atoms. The van der Waals surface area contributed by atoms with Crippen LogP contribution in [0.5, 0.6) is 0 Å². The first kappa shape index (κ1) is 9.76. The molecule has 3 rings (SSSR count). The van der Waals surface area contributed by atoms with E-state index in [9.17, 15) is 0 Å². The molecule has 0 unspecified atom stereocenters. The lowest BCUT2D eigenvalue weighted by Crippen LogP contribution is -2.11. The molecule has 16 heavy (non-hydrogen) atoms. The molecular weight excluding hydrogens is 196 g/mol. The molecule has 0 saturated heterocycles. The quantitative estimate of drug-likeness (QED) is 0.779. The average molecular weight is 212 g/mol. The zero-order valence-electron chi connectivity index (χ0n) is 9.39. The molecule has 2 heterocycles. The van der Waals surface area contributed by atoms with Crippen molar-refractivity contribution < 1.29 is 0 Å². The van der Waals surface area contributed by atoms with Gasteiger partial charge in [-0.25, -0.2) is 9.97 Å². The van der Waals surface area contributed by atoms with Crippen molar-refractivity contribution in [3.63, 3.8) is 0 Å². The number of pyridine rings is 2. The zero-order valence-corrected chi connectivity index (χ0v) is 9.39. The van der Waals surface area contributed by atoms with Crippen LogP contribution in [0.4, 0.5) is 0 Å². The van der Waals surface area contributed by atoms with Crippen LogP contribution < -0.4 is 0 Å². The van der Waals surface area contributed by atoms with Gasteiger partial charge in [0.25, 0.3) is 0 Å². The Hall–Kier alpha value is -1.44. The Bertz CT molecular complexity index is 489. The van der Waals surface area contributed by atoms with Gasteiger partial charge in [-0.2, -0.15) is 0 Å². The van der Waals surface area contributed by atoms with E-state index in [1.165, 1.54) is 31.4 Å². The summed E-state index contributed by atoms with van der Waals surface area (Å²) in [7, 11) is 0. The highest BCUT2D eigenvalue weighted by molar-refractivity contribution is 5.74. The number of rotatable bonds is 3. The first-order valence-electron chi connectivity index (χ1n) is 6.12. The summed E-state index contributed by atoms with van der Waals surface area (Å²) in [6.45, 7) is 0. The van der Waals surface area contributed by atoms with E-state index in [-0.39, 0.29) is 0 Å². The van der Waals surface area contributed by atoms with Crippen molar-refractivity contribution in [3.8, 4) is 0 Å². The fraction of sp³-hybridized carbons (Fsp3) is 0.429. The Morgan fingerprint density at radius 3 is 2.94 bits per heavy atom. The minimum atomic E-state index is 0.883. The van der Waals surface area contributed by atoms with Crippen LogP contribution in [0.25, 0.3) is 11.0 Å². The van der Waals surface area contributed by atoms with Gasteiger partial charge < -0.3 is 0 Å². The predicted molar refractivity (Wildman–Crippen MR) is 65.2 cm³/mol. The molecule has 0 N–H and O–H groups in total. The highest BCUT2D eigenvalue weighted by Gasteiger charge is 2.16. The van der Waals surface area contributed by atoms with E-state index in [1.54, 1.807) is 0 Å². The molecule has 2 heteroatoms. The van der Waals surface area contributed by atoms with E-state index < -0.39 is 0 Å². The van der Waals surface area contributed by atoms with Crippen LogP contribution in [0, 0.1) is 5.92 Å². The van der Waals surface area contributed by atoms with E-state index in [4.69, 9.17) is 0 Å². The Morgan fingerprint density at radius 2 is 2.12 bits per heavy atom. The number of fused-ring (bicyclic) bond motifs is 1. The van der Waals surface area contributed by atoms with Gasteiger partial charge in [-0.3, -0.25) is 0 Å². The molecule has 1 saturated carbocycles. The molecule has 0 amide bonds. The monoisotopic (exact) mass is 212 g/mol. The van der Waals surface area contributed by atoms with Gasteiger partial charge in [0.15, 0.2) is 5.65 Å². The zero-order chi connectivity index (χ0) is 10.8. The second kappa shape index (κ2) is 4.20. The average Bonchev–Trinajstić information content (AvgIpc) is 2.27. The molecule has 0 atom stereocenters. The van der Waals surface area contributed by atoms with E-state index in [0.29, 0.717) is 0 Å². The van der Waals surface area contributed by atoms with Crippen molar-refractivity contribution >= 4 is 11.0 Å². The normalized spacial score (nSPS) is 16.2. The number of nitrogens with zero attached hydrogens (tertiary/aromatic N) is 2. The topological polar surface area (TPSA) is 25.8 Å². The Balaban J connectivity index is 1.76. The van der Waals surface area contributed by atoms with Gasteiger partial charge in [0.05, 0.1) is 0 Å². The molecule has 82 valence electrons. The molecule has 0 radical (unpaired) electrons. The molecule has 0 aromatic carbocycles. The fourth-order valence-corrected chi connectivity index (χ4v) is 2.26. The molecule has 0 spiro atoms. The van der Waals surface area contributed by atoms with Crippen LogP contribution in [0.2, 0.25) is 0 Å². The van der Waals surface area contributed by atoms with Crippen molar-refractivity contribution in [3.05, 3.63) is 36.2 Å². The van der Waals surface area contributed by atoms with Crippen LogP contribution in [0.3, 0.4) is 0 Å².